The normalized spacial score (nSPS) is 12.4. The van der Waals surface area contributed by atoms with Gasteiger partial charge in [0.15, 0.2) is 0 Å². The number of phosphoric ester groups is 1. The molecule has 1 aromatic rings. The Bertz CT molecular complexity index is 783. The summed E-state index contributed by atoms with van der Waals surface area (Å²) in [6.45, 7) is 10.8. The van der Waals surface area contributed by atoms with Crippen molar-refractivity contribution in [1.29, 1.82) is 0 Å². The fourth-order valence-electron chi connectivity index (χ4n) is 2.43. The summed E-state index contributed by atoms with van der Waals surface area (Å²) in [5, 5.41) is 2.93. The maximum Gasteiger partial charge on any atom is 0.478 e. The maximum atomic E-state index is 13.0. The molecule has 0 aliphatic carbocycles. The van der Waals surface area contributed by atoms with Gasteiger partial charge in [0.1, 0.15) is 11.6 Å². The zero-order chi connectivity index (χ0) is 23.9. The Kier molecular flexibility index (Phi) is 9.63. The molecule has 0 fully saturated rings. The monoisotopic (exact) mass is 459 g/mol. The SMILES string of the molecule is CNc1ncccc1CN(CC(C)=O)C(=O)OCOP(=O)(OC(C)(C)C)OC(C)(C)C. The molecule has 1 rings (SSSR count). The van der Waals surface area contributed by atoms with Crippen LogP contribution in [0.4, 0.5) is 10.6 Å². The molecule has 31 heavy (non-hydrogen) atoms. The second-order valence-electron chi connectivity index (χ2n) is 8.83. The number of anilines is 1. The number of phosphoric acid groups is 1. The quantitative estimate of drug-likeness (QED) is 0.402. The highest BCUT2D eigenvalue weighted by Gasteiger charge is 2.37. The summed E-state index contributed by atoms with van der Waals surface area (Å²) in [5.41, 5.74) is -0.952. The Morgan fingerprint density at radius 3 is 2.19 bits per heavy atom. The molecule has 0 aromatic carbocycles. The summed E-state index contributed by atoms with van der Waals surface area (Å²) < 4.78 is 34.3. The fraction of sp³-hybridized carbons (Fsp3) is 0.650. The molecule has 0 unspecified atom stereocenters. The first-order valence-electron chi connectivity index (χ1n) is 9.83. The summed E-state index contributed by atoms with van der Waals surface area (Å²) in [4.78, 5) is 29.6. The van der Waals surface area contributed by atoms with E-state index < -0.39 is 31.9 Å². The standard InChI is InChI=1S/C20H34N3O7P/c1-15(24)12-23(13-16-10-9-11-22-17(16)21-8)18(25)27-14-28-31(26,29-19(2,3)4)30-20(5,6)7/h9-11H,12-14H2,1-8H3,(H,21,22). The maximum absolute atomic E-state index is 13.0. The lowest BCUT2D eigenvalue weighted by atomic mass is 10.2. The average Bonchev–Trinajstić information content (AvgIpc) is 2.57. The van der Waals surface area contributed by atoms with Crippen molar-refractivity contribution < 1.29 is 32.5 Å². The zero-order valence-corrected chi connectivity index (χ0v) is 20.4. The van der Waals surface area contributed by atoms with E-state index in [1.54, 1.807) is 66.9 Å². The number of hydrogen-bond donors (Lipinski definition) is 1. The van der Waals surface area contributed by atoms with Crippen LogP contribution in [-0.4, -0.2) is 53.3 Å². The van der Waals surface area contributed by atoms with Crippen LogP contribution < -0.4 is 5.32 Å². The number of pyridine rings is 1. The number of nitrogens with zero attached hydrogens (tertiary/aromatic N) is 2. The molecule has 176 valence electrons. The third-order valence-corrected chi connectivity index (χ3v) is 5.29. The largest absolute Gasteiger partial charge is 0.478 e. The topological polar surface area (TPSA) is 116 Å². The van der Waals surface area contributed by atoms with Crippen molar-refractivity contribution in [1.82, 2.24) is 9.88 Å². The number of rotatable bonds is 10. The predicted octanol–water partition coefficient (Wildman–Crippen LogP) is 4.36. The van der Waals surface area contributed by atoms with Crippen molar-refractivity contribution in [3.63, 3.8) is 0 Å². The Labute approximate surface area is 184 Å². The molecule has 11 heteroatoms. The molecule has 1 amide bonds. The first-order valence-corrected chi connectivity index (χ1v) is 11.3. The molecule has 0 radical (unpaired) electrons. The number of carbonyl (C=O) groups excluding carboxylic acids is 2. The lowest BCUT2D eigenvalue weighted by molar-refractivity contribution is -0.118. The second kappa shape index (κ2) is 11.0. The minimum Gasteiger partial charge on any atom is -0.422 e. The zero-order valence-electron chi connectivity index (χ0n) is 19.6. The summed E-state index contributed by atoms with van der Waals surface area (Å²) in [5.74, 6) is 0.340. The molecule has 1 heterocycles. The molecule has 0 spiro atoms. The van der Waals surface area contributed by atoms with Crippen LogP contribution in [0.15, 0.2) is 18.3 Å². The van der Waals surface area contributed by atoms with Crippen LogP contribution in [-0.2, 0) is 34.2 Å². The van der Waals surface area contributed by atoms with Gasteiger partial charge >= 0.3 is 13.9 Å². The first kappa shape index (κ1) is 27.0. The third-order valence-electron chi connectivity index (χ3n) is 3.33. The number of ketones is 1. The minimum absolute atomic E-state index is 0.0804. The number of Topliss-reactive ketones (excluding diaryl/α,β-unsaturated/α-hetero) is 1. The lowest BCUT2D eigenvalue weighted by Crippen LogP contribution is -2.35. The van der Waals surface area contributed by atoms with Crippen molar-refractivity contribution in [2.75, 3.05) is 25.7 Å². The van der Waals surface area contributed by atoms with Crippen LogP contribution in [0.25, 0.3) is 0 Å². The molecule has 0 atom stereocenters. The number of nitrogens with one attached hydrogen (secondary N) is 1. The third kappa shape index (κ3) is 10.7. The average molecular weight is 459 g/mol. The Balaban J connectivity index is 2.87. The molecular formula is C20H34N3O7P. The van der Waals surface area contributed by atoms with Gasteiger partial charge in [0.05, 0.1) is 24.3 Å². The van der Waals surface area contributed by atoms with E-state index in [2.05, 4.69) is 10.3 Å². The van der Waals surface area contributed by atoms with Crippen LogP contribution in [0.1, 0.15) is 54.0 Å². The van der Waals surface area contributed by atoms with E-state index in [4.69, 9.17) is 18.3 Å². The molecule has 0 saturated carbocycles. The van der Waals surface area contributed by atoms with Gasteiger partial charge < -0.3 is 10.1 Å². The molecular weight excluding hydrogens is 425 g/mol. The van der Waals surface area contributed by atoms with Crippen LogP contribution in [0, 0.1) is 0 Å². The van der Waals surface area contributed by atoms with Crippen molar-refractivity contribution in [2.45, 2.75) is 66.2 Å². The molecule has 10 nitrogen and oxygen atoms in total. The molecule has 0 bridgehead atoms. The van der Waals surface area contributed by atoms with E-state index in [1.807, 2.05) is 0 Å². The minimum atomic E-state index is -4.04. The Hall–Kier alpha value is -2.00. The lowest BCUT2D eigenvalue weighted by Gasteiger charge is -2.30. The van der Waals surface area contributed by atoms with Crippen LogP contribution in [0.2, 0.25) is 0 Å². The number of aromatic nitrogens is 1. The van der Waals surface area contributed by atoms with E-state index in [1.165, 1.54) is 11.8 Å². The molecule has 1 N–H and O–H groups in total. The van der Waals surface area contributed by atoms with Crippen LogP contribution >= 0.6 is 7.82 Å². The highest BCUT2D eigenvalue weighted by molar-refractivity contribution is 7.48. The Morgan fingerprint density at radius 1 is 1.13 bits per heavy atom. The van der Waals surface area contributed by atoms with Gasteiger partial charge in [-0.25, -0.2) is 18.9 Å². The van der Waals surface area contributed by atoms with Gasteiger partial charge in [0, 0.05) is 18.8 Å². The number of hydrogen-bond acceptors (Lipinski definition) is 9. The highest BCUT2D eigenvalue weighted by atomic mass is 31.2. The van der Waals surface area contributed by atoms with Gasteiger partial charge in [-0.1, -0.05) is 6.07 Å². The number of amides is 1. The van der Waals surface area contributed by atoms with E-state index in [0.29, 0.717) is 11.4 Å². The van der Waals surface area contributed by atoms with E-state index >= 15 is 0 Å². The summed E-state index contributed by atoms with van der Waals surface area (Å²) in [6.07, 6.45) is 0.790. The summed E-state index contributed by atoms with van der Waals surface area (Å²) >= 11 is 0. The van der Waals surface area contributed by atoms with Gasteiger partial charge in [-0.3, -0.25) is 18.7 Å². The van der Waals surface area contributed by atoms with Crippen LogP contribution in [0.5, 0.6) is 0 Å². The predicted molar refractivity (Wildman–Crippen MR) is 117 cm³/mol. The number of ether oxygens (including phenoxy) is 1. The van der Waals surface area contributed by atoms with Crippen molar-refractivity contribution in [3.05, 3.63) is 23.9 Å². The van der Waals surface area contributed by atoms with Crippen molar-refractivity contribution in [3.8, 4) is 0 Å². The van der Waals surface area contributed by atoms with Crippen molar-refractivity contribution in [2.24, 2.45) is 0 Å². The molecule has 0 aliphatic heterocycles. The van der Waals surface area contributed by atoms with Gasteiger partial charge in [-0.05, 0) is 54.5 Å². The second-order valence-corrected chi connectivity index (χ2v) is 10.3. The van der Waals surface area contributed by atoms with Gasteiger partial charge in [-0.15, -0.1) is 0 Å². The van der Waals surface area contributed by atoms with E-state index in [-0.39, 0.29) is 18.9 Å². The van der Waals surface area contributed by atoms with E-state index in [9.17, 15) is 14.2 Å². The van der Waals surface area contributed by atoms with Gasteiger partial charge in [-0.2, -0.15) is 0 Å². The summed E-state index contributed by atoms with van der Waals surface area (Å²) in [6, 6.07) is 3.50. The smallest absolute Gasteiger partial charge is 0.422 e. The molecule has 0 saturated heterocycles. The van der Waals surface area contributed by atoms with Crippen LogP contribution in [0.3, 0.4) is 0 Å². The Morgan fingerprint density at radius 2 is 1.71 bits per heavy atom. The number of carbonyl (C=O) groups is 2. The van der Waals surface area contributed by atoms with Crippen molar-refractivity contribution >= 4 is 25.5 Å². The van der Waals surface area contributed by atoms with Gasteiger partial charge in [0.25, 0.3) is 0 Å². The molecule has 1 aromatic heterocycles. The first-order chi connectivity index (χ1) is 14.1. The highest BCUT2D eigenvalue weighted by Crippen LogP contribution is 2.55. The molecule has 0 aliphatic rings. The fourth-order valence-corrected chi connectivity index (χ4v) is 4.09. The van der Waals surface area contributed by atoms with E-state index in [0.717, 1.165) is 0 Å². The summed E-state index contributed by atoms with van der Waals surface area (Å²) in [7, 11) is -2.33. The van der Waals surface area contributed by atoms with Gasteiger partial charge in [0.2, 0.25) is 6.79 Å².